The number of hydrogen-bond acceptors (Lipinski definition) is 4. The minimum absolute atomic E-state index is 0. The molecule has 4 nitrogen and oxygen atoms in total. The van der Waals surface area contributed by atoms with Gasteiger partial charge in [0, 0.05) is 40.7 Å². The molecule has 5 rings (SSSR count). The van der Waals surface area contributed by atoms with Crippen molar-refractivity contribution in [2.75, 3.05) is 26.2 Å². The van der Waals surface area contributed by atoms with Crippen molar-refractivity contribution >= 4 is 40.6 Å². The summed E-state index contributed by atoms with van der Waals surface area (Å²) in [6.45, 7) is 8.78. The number of halogens is 2. The van der Waals surface area contributed by atoms with Crippen molar-refractivity contribution in [1.82, 2.24) is 9.80 Å². The quantitative estimate of drug-likeness (QED) is 0.443. The zero-order valence-electron chi connectivity index (χ0n) is 19.4. The van der Waals surface area contributed by atoms with Crippen LogP contribution < -0.4 is 0 Å². The lowest BCUT2D eigenvalue weighted by Gasteiger charge is -2.31. The van der Waals surface area contributed by atoms with E-state index in [1.165, 1.54) is 26.9 Å². The first-order valence-electron chi connectivity index (χ1n) is 11.8. The van der Waals surface area contributed by atoms with Crippen LogP contribution in [0.15, 0.2) is 28.9 Å². The van der Waals surface area contributed by atoms with Gasteiger partial charge in [-0.1, -0.05) is 6.92 Å². The minimum atomic E-state index is -0.200. The second-order valence-corrected chi connectivity index (χ2v) is 10.3. The second kappa shape index (κ2) is 10.2. The van der Waals surface area contributed by atoms with Gasteiger partial charge in [0.15, 0.2) is 0 Å². The third-order valence-electron chi connectivity index (χ3n) is 7.30. The summed E-state index contributed by atoms with van der Waals surface area (Å²) in [6.07, 6.45) is 7.16. The Hall–Kier alpha value is -1.89. The molecule has 2 aromatic heterocycles. The summed E-state index contributed by atoms with van der Waals surface area (Å²) in [7, 11) is 0. The van der Waals surface area contributed by atoms with Gasteiger partial charge in [-0.3, -0.25) is 4.79 Å². The Kier molecular flexibility index (Phi) is 7.46. The molecule has 1 aromatic carbocycles. The average Bonchev–Trinajstić information content (AvgIpc) is 3.37. The summed E-state index contributed by atoms with van der Waals surface area (Å²) in [4.78, 5) is 19.3. The molecule has 0 atom stereocenters. The molecular weight excluding hydrogens is 459 g/mol. The lowest BCUT2D eigenvalue weighted by atomic mass is 9.89. The van der Waals surface area contributed by atoms with Crippen LogP contribution in [0.25, 0.3) is 11.0 Å². The van der Waals surface area contributed by atoms with Crippen LogP contribution in [0, 0.1) is 5.82 Å². The van der Waals surface area contributed by atoms with E-state index in [-0.39, 0.29) is 24.1 Å². The van der Waals surface area contributed by atoms with Crippen molar-refractivity contribution in [2.24, 2.45) is 0 Å². The van der Waals surface area contributed by atoms with Gasteiger partial charge in [-0.25, -0.2) is 4.39 Å². The number of piperidine rings is 1. The van der Waals surface area contributed by atoms with Gasteiger partial charge in [-0.05, 0) is 80.4 Å². The summed E-state index contributed by atoms with van der Waals surface area (Å²) in [5.41, 5.74) is 4.99. The number of thiophene rings is 1. The standard InChI is InChI=1S/C26H31FN2O2S.ClH/c1-3-20-21-8-13-29(17(2)30)15-26(21)32-25(20)9-12-28-10-6-18(7-11-28)23-16-31-24-5-4-19(27)14-22(23)24;/h4-5,14,16,18H,3,6-13,15H2,1-2H3;1H. The van der Waals surface area contributed by atoms with E-state index < -0.39 is 0 Å². The Morgan fingerprint density at radius 1 is 1.24 bits per heavy atom. The van der Waals surface area contributed by atoms with Crippen LogP contribution in [0.1, 0.15) is 59.1 Å². The SMILES string of the molecule is CCc1c(CCN2CCC(c3coc4ccc(F)cc34)CC2)sc2c1CCN(C(C)=O)C2.Cl. The molecule has 0 unspecified atom stereocenters. The molecular formula is C26H32ClFN2O2S. The number of amides is 1. The maximum absolute atomic E-state index is 13.7. The van der Waals surface area contributed by atoms with Crippen LogP contribution in [-0.4, -0.2) is 41.9 Å². The number of fused-ring (bicyclic) bond motifs is 2. The molecule has 1 fully saturated rings. The van der Waals surface area contributed by atoms with E-state index in [1.54, 1.807) is 19.1 Å². The van der Waals surface area contributed by atoms with Crippen LogP contribution in [0.2, 0.25) is 0 Å². The van der Waals surface area contributed by atoms with Gasteiger partial charge >= 0.3 is 0 Å². The Morgan fingerprint density at radius 3 is 2.76 bits per heavy atom. The van der Waals surface area contributed by atoms with Crippen molar-refractivity contribution in [1.29, 1.82) is 0 Å². The van der Waals surface area contributed by atoms with Crippen molar-refractivity contribution in [3.05, 3.63) is 56.7 Å². The van der Waals surface area contributed by atoms with Crippen LogP contribution >= 0.6 is 23.7 Å². The van der Waals surface area contributed by atoms with E-state index >= 15 is 0 Å². The summed E-state index contributed by atoms with van der Waals surface area (Å²) < 4.78 is 19.4. The topological polar surface area (TPSA) is 36.7 Å². The summed E-state index contributed by atoms with van der Waals surface area (Å²) in [6, 6.07) is 4.80. The average molecular weight is 491 g/mol. The fraction of sp³-hybridized carbons (Fsp3) is 0.500. The number of rotatable bonds is 5. The molecule has 0 bridgehead atoms. The molecule has 4 heterocycles. The highest BCUT2D eigenvalue weighted by atomic mass is 35.5. The Morgan fingerprint density at radius 2 is 2.03 bits per heavy atom. The molecule has 2 aliphatic heterocycles. The van der Waals surface area contributed by atoms with Crippen LogP contribution in [0.5, 0.6) is 0 Å². The Labute approximate surface area is 205 Å². The maximum Gasteiger partial charge on any atom is 0.219 e. The lowest BCUT2D eigenvalue weighted by molar-refractivity contribution is -0.129. The number of benzene rings is 1. The van der Waals surface area contributed by atoms with Gasteiger partial charge in [-0.15, -0.1) is 23.7 Å². The second-order valence-electron chi connectivity index (χ2n) is 9.15. The normalized spacial score (nSPS) is 17.2. The molecule has 33 heavy (non-hydrogen) atoms. The predicted octanol–water partition coefficient (Wildman–Crippen LogP) is 5.94. The largest absolute Gasteiger partial charge is 0.464 e. The first kappa shape index (κ1) is 24.2. The third kappa shape index (κ3) is 4.84. The highest BCUT2D eigenvalue weighted by Crippen LogP contribution is 2.36. The van der Waals surface area contributed by atoms with Gasteiger partial charge in [0.1, 0.15) is 11.4 Å². The van der Waals surface area contributed by atoms with Gasteiger partial charge in [0.25, 0.3) is 0 Å². The first-order valence-corrected chi connectivity index (χ1v) is 12.6. The van der Waals surface area contributed by atoms with E-state index in [2.05, 4.69) is 11.8 Å². The molecule has 0 N–H and O–H groups in total. The van der Waals surface area contributed by atoms with E-state index in [4.69, 9.17) is 4.42 Å². The van der Waals surface area contributed by atoms with Crippen molar-refractivity contribution in [3.63, 3.8) is 0 Å². The number of hydrogen-bond donors (Lipinski definition) is 0. The third-order valence-corrected chi connectivity index (χ3v) is 8.62. The number of likely N-dealkylation sites (tertiary alicyclic amines) is 1. The van der Waals surface area contributed by atoms with E-state index in [0.29, 0.717) is 5.92 Å². The molecule has 0 saturated carbocycles. The van der Waals surface area contributed by atoms with Crippen molar-refractivity contribution in [2.45, 2.75) is 58.4 Å². The van der Waals surface area contributed by atoms with Crippen molar-refractivity contribution < 1.29 is 13.6 Å². The van der Waals surface area contributed by atoms with E-state index in [0.717, 1.165) is 81.4 Å². The summed E-state index contributed by atoms with van der Waals surface area (Å²) in [5.74, 6) is 0.418. The molecule has 3 aromatic rings. The molecule has 1 amide bonds. The maximum atomic E-state index is 13.7. The molecule has 0 radical (unpaired) electrons. The highest BCUT2D eigenvalue weighted by Gasteiger charge is 2.26. The van der Waals surface area contributed by atoms with Crippen LogP contribution in [0.4, 0.5) is 4.39 Å². The van der Waals surface area contributed by atoms with E-state index in [9.17, 15) is 9.18 Å². The minimum Gasteiger partial charge on any atom is -0.464 e. The molecule has 2 aliphatic rings. The smallest absolute Gasteiger partial charge is 0.219 e. The highest BCUT2D eigenvalue weighted by molar-refractivity contribution is 7.12. The summed E-state index contributed by atoms with van der Waals surface area (Å²) >= 11 is 1.93. The van der Waals surface area contributed by atoms with Gasteiger partial charge in [0.2, 0.25) is 5.91 Å². The monoisotopic (exact) mass is 490 g/mol. The Balaban J connectivity index is 0.00000259. The van der Waals surface area contributed by atoms with Crippen LogP contribution in [0.3, 0.4) is 0 Å². The van der Waals surface area contributed by atoms with Gasteiger partial charge in [0.05, 0.1) is 12.8 Å². The predicted molar refractivity (Wildman–Crippen MR) is 134 cm³/mol. The molecule has 0 aliphatic carbocycles. The molecule has 0 spiro atoms. The number of carbonyl (C=O) groups excluding carboxylic acids is 1. The zero-order valence-corrected chi connectivity index (χ0v) is 21.0. The molecule has 1 saturated heterocycles. The van der Waals surface area contributed by atoms with Crippen molar-refractivity contribution in [3.8, 4) is 0 Å². The lowest BCUT2D eigenvalue weighted by Crippen LogP contribution is -2.34. The first-order chi connectivity index (χ1) is 15.5. The van der Waals surface area contributed by atoms with E-state index in [1.807, 2.05) is 22.5 Å². The fourth-order valence-electron chi connectivity index (χ4n) is 5.47. The Bertz CT molecular complexity index is 1130. The number of nitrogens with zero attached hydrogens (tertiary/aromatic N) is 2. The van der Waals surface area contributed by atoms with Crippen LogP contribution in [-0.2, 0) is 30.6 Å². The number of furan rings is 1. The molecule has 7 heteroatoms. The fourth-order valence-corrected chi connectivity index (χ4v) is 6.92. The zero-order chi connectivity index (χ0) is 22.2. The van der Waals surface area contributed by atoms with Gasteiger partial charge in [-0.2, -0.15) is 0 Å². The summed E-state index contributed by atoms with van der Waals surface area (Å²) in [5, 5.41) is 0.930. The molecule has 178 valence electrons. The van der Waals surface area contributed by atoms with Gasteiger partial charge < -0.3 is 14.2 Å². The number of carbonyl (C=O) groups is 1.